The molecule has 1 nitrogen and oxygen atoms in total. The van der Waals surface area contributed by atoms with E-state index in [0.717, 1.165) is 13.0 Å². The normalized spacial score (nSPS) is 13.2. The molecule has 0 aliphatic rings. The summed E-state index contributed by atoms with van der Waals surface area (Å²) < 4.78 is 0. The highest BCUT2D eigenvalue weighted by atomic mass is 32.1. The van der Waals surface area contributed by atoms with E-state index in [9.17, 15) is 0 Å². The third kappa shape index (κ3) is 2.95. The number of nitrogens with one attached hydrogen (secondary N) is 1. The second-order valence-electron chi connectivity index (χ2n) is 3.18. The Bertz CT molecular complexity index is 229. The van der Waals surface area contributed by atoms with Crippen LogP contribution >= 0.6 is 11.3 Å². The molecule has 68 valence electrons. The van der Waals surface area contributed by atoms with Crippen molar-refractivity contribution >= 4 is 11.3 Å². The quantitative estimate of drug-likeness (QED) is 0.756. The number of thiophene rings is 1. The topological polar surface area (TPSA) is 12.0 Å². The number of aryl methyl sites for hydroxylation is 1. The molecule has 1 aromatic rings. The van der Waals surface area contributed by atoms with Gasteiger partial charge in [0.05, 0.1) is 0 Å². The van der Waals surface area contributed by atoms with Gasteiger partial charge in [-0.25, -0.2) is 0 Å². The fourth-order valence-electron chi connectivity index (χ4n) is 1.32. The molecule has 1 rings (SSSR count). The minimum Gasteiger partial charge on any atom is -0.314 e. The second kappa shape index (κ2) is 4.63. The zero-order valence-electron chi connectivity index (χ0n) is 8.05. The van der Waals surface area contributed by atoms with E-state index in [1.807, 2.05) is 11.3 Å². The van der Waals surface area contributed by atoms with Crippen molar-refractivity contribution in [2.75, 3.05) is 6.54 Å². The summed E-state index contributed by atoms with van der Waals surface area (Å²) in [5.74, 6) is 0. The molecule has 0 amide bonds. The van der Waals surface area contributed by atoms with Gasteiger partial charge < -0.3 is 5.32 Å². The monoisotopic (exact) mass is 183 g/mol. The highest BCUT2D eigenvalue weighted by Crippen LogP contribution is 2.16. The van der Waals surface area contributed by atoms with Gasteiger partial charge in [-0.3, -0.25) is 0 Å². The van der Waals surface area contributed by atoms with Gasteiger partial charge in [0.2, 0.25) is 0 Å². The molecule has 0 saturated carbocycles. The van der Waals surface area contributed by atoms with Crippen LogP contribution in [0.1, 0.15) is 23.6 Å². The van der Waals surface area contributed by atoms with Crippen molar-refractivity contribution in [2.45, 2.75) is 33.2 Å². The maximum Gasteiger partial charge on any atom is 0.00869 e. The molecule has 1 heterocycles. The van der Waals surface area contributed by atoms with Crippen LogP contribution < -0.4 is 5.32 Å². The van der Waals surface area contributed by atoms with Gasteiger partial charge in [0, 0.05) is 15.8 Å². The van der Waals surface area contributed by atoms with Crippen LogP contribution in [0.5, 0.6) is 0 Å². The molecule has 0 aromatic carbocycles. The van der Waals surface area contributed by atoms with Crippen LogP contribution in [0, 0.1) is 6.92 Å². The third-order valence-corrected chi connectivity index (χ3v) is 2.88. The van der Waals surface area contributed by atoms with Crippen LogP contribution in [0.25, 0.3) is 0 Å². The Balaban J connectivity index is 2.41. The first kappa shape index (κ1) is 9.75. The standard InChI is InChI=1S/C10H17NS/c1-4-11-8(2)7-10-6-5-9(3)12-10/h5-6,8,11H,4,7H2,1-3H3. The molecule has 2 heteroatoms. The van der Waals surface area contributed by atoms with Crippen molar-refractivity contribution in [3.8, 4) is 0 Å². The van der Waals surface area contributed by atoms with E-state index in [-0.39, 0.29) is 0 Å². The van der Waals surface area contributed by atoms with Crippen LogP contribution in [0.3, 0.4) is 0 Å². The molecule has 1 aromatic heterocycles. The molecule has 0 aliphatic heterocycles. The summed E-state index contributed by atoms with van der Waals surface area (Å²) in [6.07, 6.45) is 1.16. The summed E-state index contributed by atoms with van der Waals surface area (Å²) in [4.78, 5) is 2.90. The van der Waals surface area contributed by atoms with Crippen molar-refractivity contribution < 1.29 is 0 Å². The van der Waals surface area contributed by atoms with E-state index in [1.54, 1.807) is 0 Å². The van der Waals surface area contributed by atoms with E-state index in [2.05, 4.69) is 38.2 Å². The lowest BCUT2D eigenvalue weighted by atomic mass is 10.2. The lowest BCUT2D eigenvalue weighted by Gasteiger charge is -2.09. The lowest BCUT2D eigenvalue weighted by molar-refractivity contribution is 0.569. The van der Waals surface area contributed by atoms with Crippen LogP contribution in [0.4, 0.5) is 0 Å². The van der Waals surface area contributed by atoms with Crippen molar-refractivity contribution in [1.29, 1.82) is 0 Å². The molecule has 1 N–H and O–H groups in total. The van der Waals surface area contributed by atoms with Gasteiger partial charge in [0.15, 0.2) is 0 Å². The summed E-state index contributed by atoms with van der Waals surface area (Å²) in [5, 5.41) is 3.41. The number of rotatable bonds is 4. The number of hydrogen-bond donors (Lipinski definition) is 1. The molecule has 0 spiro atoms. The van der Waals surface area contributed by atoms with E-state index >= 15 is 0 Å². The Morgan fingerprint density at radius 2 is 2.25 bits per heavy atom. The Morgan fingerprint density at radius 1 is 1.50 bits per heavy atom. The number of likely N-dealkylation sites (N-methyl/N-ethyl adjacent to an activating group) is 1. The minimum absolute atomic E-state index is 0.605. The molecule has 1 unspecified atom stereocenters. The van der Waals surface area contributed by atoms with E-state index < -0.39 is 0 Å². The van der Waals surface area contributed by atoms with Crippen LogP contribution in [0.15, 0.2) is 12.1 Å². The first-order chi connectivity index (χ1) is 5.72. The molecular weight excluding hydrogens is 166 g/mol. The predicted molar refractivity (Wildman–Crippen MR) is 55.9 cm³/mol. The van der Waals surface area contributed by atoms with Crippen LogP contribution in [-0.4, -0.2) is 12.6 Å². The van der Waals surface area contributed by atoms with Gasteiger partial charge in [-0.05, 0) is 38.9 Å². The number of hydrogen-bond acceptors (Lipinski definition) is 2. The Hall–Kier alpha value is -0.340. The van der Waals surface area contributed by atoms with Gasteiger partial charge >= 0.3 is 0 Å². The largest absolute Gasteiger partial charge is 0.314 e. The Kier molecular flexibility index (Phi) is 3.76. The highest BCUT2D eigenvalue weighted by molar-refractivity contribution is 7.11. The summed E-state index contributed by atoms with van der Waals surface area (Å²) in [7, 11) is 0. The van der Waals surface area contributed by atoms with Crippen molar-refractivity contribution in [1.82, 2.24) is 5.32 Å². The molecule has 12 heavy (non-hydrogen) atoms. The van der Waals surface area contributed by atoms with Gasteiger partial charge in [-0.2, -0.15) is 0 Å². The van der Waals surface area contributed by atoms with Crippen molar-refractivity contribution in [3.05, 3.63) is 21.9 Å². The fourth-order valence-corrected chi connectivity index (χ4v) is 2.34. The summed E-state index contributed by atoms with van der Waals surface area (Å²) in [5.41, 5.74) is 0. The van der Waals surface area contributed by atoms with Crippen molar-refractivity contribution in [3.63, 3.8) is 0 Å². The first-order valence-electron chi connectivity index (χ1n) is 4.51. The molecule has 0 fully saturated rings. The van der Waals surface area contributed by atoms with E-state index in [0.29, 0.717) is 6.04 Å². The van der Waals surface area contributed by atoms with Crippen LogP contribution in [0.2, 0.25) is 0 Å². The first-order valence-corrected chi connectivity index (χ1v) is 5.32. The molecule has 0 radical (unpaired) electrons. The second-order valence-corrected chi connectivity index (χ2v) is 4.55. The summed E-state index contributed by atoms with van der Waals surface area (Å²) in [6.45, 7) is 7.60. The lowest BCUT2D eigenvalue weighted by Crippen LogP contribution is -2.27. The van der Waals surface area contributed by atoms with Gasteiger partial charge in [0.25, 0.3) is 0 Å². The summed E-state index contributed by atoms with van der Waals surface area (Å²) >= 11 is 1.90. The molecule has 0 aliphatic carbocycles. The fraction of sp³-hybridized carbons (Fsp3) is 0.600. The highest BCUT2D eigenvalue weighted by Gasteiger charge is 2.02. The SMILES string of the molecule is CCNC(C)Cc1ccc(C)s1. The predicted octanol–water partition coefficient (Wildman–Crippen LogP) is 2.60. The van der Waals surface area contributed by atoms with Crippen molar-refractivity contribution in [2.24, 2.45) is 0 Å². The Labute approximate surface area is 78.8 Å². The van der Waals surface area contributed by atoms with E-state index in [4.69, 9.17) is 0 Å². The van der Waals surface area contributed by atoms with Gasteiger partial charge in [-0.1, -0.05) is 6.92 Å². The summed E-state index contributed by atoms with van der Waals surface area (Å²) in [6, 6.07) is 5.03. The molecular formula is C10H17NS. The van der Waals surface area contributed by atoms with Gasteiger partial charge in [-0.15, -0.1) is 11.3 Å². The third-order valence-electron chi connectivity index (χ3n) is 1.86. The molecule has 0 saturated heterocycles. The van der Waals surface area contributed by atoms with Gasteiger partial charge in [0.1, 0.15) is 0 Å². The average molecular weight is 183 g/mol. The minimum atomic E-state index is 0.605. The molecule has 0 bridgehead atoms. The maximum atomic E-state index is 3.41. The average Bonchev–Trinajstić information content (AvgIpc) is 2.36. The zero-order chi connectivity index (χ0) is 8.97. The van der Waals surface area contributed by atoms with Crippen LogP contribution in [-0.2, 0) is 6.42 Å². The maximum absolute atomic E-state index is 3.41. The smallest absolute Gasteiger partial charge is 0.00869 e. The van der Waals surface area contributed by atoms with E-state index in [1.165, 1.54) is 9.75 Å². The molecule has 1 atom stereocenters. The Morgan fingerprint density at radius 3 is 2.75 bits per heavy atom. The zero-order valence-corrected chi connectivity index (χ0v) is 8.87.